The lowest BCUT2D eigenvalue weighted by Crippen LogP contribution is -2.40. The van der Waals surface area contributed by atoms with E-state index in [0.29, 0.717) is 39.3 Å². The number of amides is 3. The number of ether oxygens (including phenoxy) is 2. The molecule has 34 heavy (non-hydrogen) atoms. The molecule has 2 aliphatic heterocycles. The summed E-state index contributed by atoms with van der Waals surface area (Å²) in [6.45, 7) is 1.11. The molecule has 3 amide bonds. The third kappa shape index (κ3) is 5.38. The van der Waals surface area contributed by atoms with Crippen LogP contribution in [0, 0.1) is 9.39 Å². The third-order valence-corrected chi connectivity index (χ3v) is 7.21. The van der Waals surface area contributed by atoms with Gasteiger partial charge in [0.25, 0.3) is 11.1 Å². The highest BCUT2D eigenvalue weighted by Gasteiger charge is 2.37. The van der Waals surface area contributed by atoms with Gasteiger partial charge >= 0.3 is 0 Å². The van der Waals surface area contributed by atoms with Crippen LogP contribution in [-0.2, 0) is 16.2 Å². The van der Waals surface area contributed by atoms with Gasteiger partial charge in [0.15, 0.2) is 11.5 Å². The molecule has 0 bridgehead atoms. The van der Waals surface area contributed by atoms with Crippen LogP contribution in [0.4, 0.5) is 9.18 Å². The minimum atomic E-state index is -0.489. The molecule has 2 aromatic carbocycles. The number of carbonyl (C=O) groups is 3. The number of thioether (sulfide) groups is 1. The van der Waals surface area contributed by atoms with Crippen LogP contribution in [0.25, 0.3) is 6.08 Å². The summed E-state index contributed by atoms with van der Waals surface area (Å²) in [5.74, 6) is -0.192. The van der Waals surface area contributed by atoms with Crippen LogP contribution >= 0.6 is 34.4 Å². The van der Waals surface area contributed by atoms with E-state index >= 15 is 0 Å². The molecular formula is C24H22FIN2O5S. The van der Waals surface area contributed by atoms with Gasteiger partial charge in [0.2, 0.25) is 5.91 Å². The molecule has 0 aliphatic carbocycles. The monoisotopic (exact) mass is 596 g/mol. The zero-order valence-corrected chi connectivity index (χ0v) is 21.4. The van der Waals surface area contributed by atoms with Gasteiger partial charge in [-0.15, -0.1) is 0 Å². The first-order valence-corrected chi connectivity index (χ1v) is 12.5. The summed E-state index contributed by atoms with van der Waals surface area (Å²) in [7, 11) is 1.49. The van der Waals surface area contributed by atoms with Gasteiger partial charge in [-0.05, 0) is 77.0 Å². The zero-order chi connectivity index (χ0) is 24.2. The van der Waals surface area contributed by atoms with Crippen molar-refractivity contribution in [2.24, 2.45) is 0 Å². The molecule has 2 heterocycles. The summed E-state index contributed by atoms with van der Waals surface area (Å²) in [5, 5.41) is -0.463. The lowest BCUT2D eigenvalue weighted by atomic mass is 10.1. The smallest absolute Gasteiger partial charge is 0.294 e. The number of rotatable bonds is 7. The molecule has 2 aromatic rings. The van der Waals surface area contributed by atoms with E-state index in [9.17, 15) is 18.8 Å². The van der Waals surface area contributed by atoms with Crippen molar-refractivity contribution in [2.75, 3.05) is 26.7 Å². The molecule has 0 N–H and O–H groups in total. The summed E-state index contributed by atoms with van der Waals surface area (Å²) in [6.07, 6.45) is 3.47. The summed E-state index contributed by atoms with van der Waals surface area (Å²) in [5.41, 5.74) is 1.05. The zero-order valence-electron chi connectivity index (χ0n) is 18.4. The average Bonchev–Trinajstić information content (AvgIpc) is 3.44. The fourth-order valence-electron chi connectivity index (χ4n) is 3.72. The second-order valence-corrected chi connectivity index (χ2v) is 9.93. The van der Waals surface area contributed by atoms with Crippen LogP contribution in [0.5, 0.6) is 11.5 Å². The van der Waals surface area contributed by atoms with Crippen LogP contribution < -0.4 is 9.47 Å². The number of hydrogen-bond donors (Lipinski definition) is 0. The van der Waals surface area contributed by atoms with Crippen LogP contribution in [-0.4, -0.2) is 53.6 Å². The van der Waals surface area contributed by atoms with Gasteiger partial charge < -0.3 is 14.4 Å². The highest BCUT2D eigenvalue weighted by atomic mass is 127. The van der Waals surface area contributed by atoms with E-state index in [2.05, 4.69) is 22.6 Å². The van der Waals surface area contributed by atoms with Crippen molar-refractivity contribution in [1.82, 2.24) is 9.80 Å². The van der Waals surface area contributed by atoms with E-state index in [4.69, 9.17) is 9.47 Å². The van der Waals surface area contributed by atoms with Crippen LogP contribution in [0.3, 0.4) is 0 Å². The molecule has 0 spiro atoms. The quantitative estimate of drug-likeness (QED) is 0.342. The molecule has 2 fully saturated rings. The van der Waals surface area contributed by atoms with Crippen LogP contribution in [0.2, 0.25) is 0 Å². The van der Waals surface area contributed by atoms with Gasteiger partial charge in [-0.25, -0.2) is 4.39 Å². The van der Waals surface area contributed by atoms with Crippen molar-refractivity contribution in [3.8, 4) is 11.5 Å². The standard InChI is InChI=1S/C24H22FIN2O5S/c1-32-19-11-15(10-18(26)22(19)33-14-16-6-2-3-7-17(16)25)12-20-23(30)28(24(31)34-20)13-21(29)27-8-4-5-9-27/h2-3,6-7,10-12H,4-5,8-9,13-14H2,1H3/b20-12-. The summed E-state index contributed by atoms with van der Waals surface area (Å²) >= 11 is 2.88. The van der Waals surface area contributed by atoms with Gasteiger partial charge in [-0.3, -0.25) is 19.3 Å². The summed E-state index contributed by atoms with van der Waals surface area (Å²) in [6, 6.07) is 9.83. The van der Waals surface area contributed by atoms with Gasteiger partial charge in [0.1, 0.15) is 19.0 Å². The molecule has 4 rings (SSSR count). The number of hydrogen-bond acceptors (Lipinski definition) is 6. The summed E-state index contributed by atoms with van der Waals surface area (Å²) < 4.78 is 25.9. The van der Waals surface area contributed by atoms with Crippen LogP contribution in [0.15, 0.2) is 41.3 Å². The normalized spacial score (nSPS) is 17.1. The molecule has 10 heteroatoms. The Morgan fingerprint density at radius 2 is 1.94 bits per heavy atom. The van der Waals surface area contributed by atoms with Crippen molar-refractivity contribution in [2.45, 2.75) is 19.4 Å². The lowest BCUT2D eigenvalue weighted by molar-refractivity contribution is -0.135. The fraction of sp³-hybridized carbons (Fsp3) is 0.292. The molecule has 0 saturated carbocycles. The average molecular weight is 596 g/mol. The highest BCUT2D eigenvalue weighted by Crippen LogP contribution is 2.37. The van der Waals surface area contributed by atoms with Crippen molar-refractivity contribution >= 4 is 57.5 Å². The first-order valence-electron chi connectivity index (χ1n) is 10.6. The number of methoxy groups -OCH3 is 1. The molecule has 0 aromatic heterocycles. The largest absolute Gasteiger partial charge is 0.493 e. The minimum absolute atomic E-state index is 0.0301. The SMILES string of the molecule is COc1cc(/C=C2\SC(=O)N(CC(=O)N3CCCC3)C2=O)cc(I)c1OCc1ccccc1F. The molecule has 0 unspecified atom stereocenters. The molecule has 2 aliphatic rings. The van der Waals surface area contributed by atoms with Crippen molar-refractivity contribution in [3.05, 3.63) is 61.8 Å². The maximum Gasteiger partial charge on any atom is 0.294 e. The molecular weight excluding hydrogens is 574 g/mol. The van der Waals surface area contributed by atoms with E-state index in [1.54, 1.807) is 41.3 Å². The minimum Gasteiger partial charge on any atom is -0.493 e. The van der Waals surface area contributed by atoms with Crippen molar-refractivity contribution in [1.29, 1.82) is 0 Å². The Bertz CT molecular complexity index is 1170. The number of nitrogens with zero attached hydrogens (tertiary/aromatic N) is 2. The molecule has 0 radical (unpaired) electrons. The van der Waals surface area contributed by atoms with Crippen molar-refractivity contribution in [3.63, 3.8) is 0 Å². The Morgan fingerprint density at radius 1 is 1.21 bits per heavy atom. The second kappa shape index (κ2) is 10.8. The van der Waals surface area contributed by atoms with Gasteiger partial charge in [-0.2, -0.15) is 0 Å². The maximum absolute atomic E-state index is 13.9. The number of halogens is 2. The third-order valence-electron chi connectivity index (χ3n) is 5.51. The first-order chi connectivity index (χ1) is 16.4. The number of likely N-dealkylation sites (tertiary alicyclic amines) is 1. The fourth-order valence-corrected chi connectivity index (χ4v) is 5.34. The van der Waals surface area contributed by atoms with E-state index in [1.165, 1.54) is 13.2 Å². The number of benzene rings is 2. The Hall–Kier alpha value is -2.60. The Kier molecular flexibility index (Phi) is 7.77. The lowest BCUT2D eigenvalue weighted by Gasteiger charge is -2.18. The molecule has 7 nitrogen and oxygen atoms in total. The van der Waals surface area contributed by atoms with E-state index < -0.39 is 11.1 Å². The Balaban J connectivity index is 1.50. The van der Waals surface area contributed by atoms with E-state index in [1.807, 2.05) is 0 Å². The Labute approximate surface area is 214 Å². The van der Waals surface area contributed by atoms with Gasteiger partial charge in [-0.1, -0.05) is 18.2 Å². The number of imide groups is 1. The molecule has 0 atom stereocenters. The van der Waals surface area contributed by atoms with Gasteiger partial charge in [0, 0.05) is 18.7 Å². The molecule has 178 valence electrons. The number of carbonyl (C=O) groups excluding carboxylic acids is 3. The van der Waals surface area contributed by atoms with E-state index in [-0.39, 0.29) is 29.8 Å². The second-order valence-electron chi connectivity index (χ2n) is 7.77. The predicted octanol–water partition coefficient (Wildman–Crippen LogP) is 4.68. The molecule has 2 saturated heterocycles. The summed E-state index contributed by atoms with van der Waals surface area (Å²) in [4.78, 5) is 40.5. The Morgan fingerprint density at radius 3 is 2.65 bits per heavy atom. The van der Waals surface area contributed by atoms with Crippen LogP contribution in [0.1, 0.15) is 24.0 Å². The highest BCUT2D eigenvalue weighted by molar-refractivity contribution is 14.1. The van der Waals surface area contributed by atoms with E-state index in [0.717, 1.165) is 29.5 Å². The topological polar surface area (TPSA) is 76.2 Å². The first kappa shape index (κ1) is 24.5. The predicted molar refractivity (Wildman–Crippen MR) is 135 cm³/mol. The maximum atomic E-state index is 13.9. The van der Waals surface area contributed by atoms with Gasteiger partial charge in [0.05, 0.1) is 15.6 Å². The van der Waals surface area contributed by atoms with Crippen molar-refractivity contribution < 1.29 is 28.2 Å².